The van der Waals surface area contributed by atoms with Crippen LogP contribution >= 0.6 is 11.6 Å². The minimum atomic E-state index is 0.633. The van der Waals surface area contributed by atoms with Crippen molar-refractivity contribution < 1.29 is 9.47 Å². The van der Waals surface area contributed by atoms with Gasteiger partial charge in [-0.15, -0.1) is 0 Å². The van der Waals surface area contributed by atoms with E-state index < -0.39 is 0 Å². The quantitative estimate of drug-likeness (QED) is 0.507. The van der Waals surface area contributed by atoms with Gasteiger partial charge < -0.3 is 19.8 Å². The van der Waals surface area contributed by atoms with E-state index in [2.05, 4.69) is 15.3 Å². The first-order valence-corrected chi connectivity index (χ1v) is 8.66. The molecule has 0 saturated heterocycles. The van der Waals surface area contributed by atoms with Crippen LogP contribution in [0.4, 0.5) is 11.5 Å². The van der Waals surface area contributed by atoms with Crippen molar-refractivity contribution >= 4 is 34.1 Å². The van der Waals surface area contributed by atoms with Crippen molar-refractivity contribution in [2.45, 2.75) is 0 Å². The Hall–Kier alpha value is -3.25. The SMILES string of the molecule is COc1ccc(Nc2nccc3[nH]c(-c4ccccc4Cl)nc23)cc1OC. The number of ether oxygens (including phenoxy) is 2. The lowest BCUT2D eigenvalue weighted by Gasteiger charge is -2.11. The first-order chi connectivity index (χ1) is 13.2. The molecular weight excluding hydrogens is 364 g/mol. The van der Waals surface area contributed by atoms with Gasteiger partial charge in [-0.25, -0.2) is 9.97 Å². The molecule has 6 nitrogen and oxygen atoms in total. The Labute approximate surface area is 161 Å². The van der Waals surface area contributed by atoms with Crippen LogP contribution in [0.25, 0.3) is 22.4 Å². The second-order valence-corrected chi connectivity index (χ2v) is 6.22. The van der Waals surface area contributed by atoms with Crippen LogP contribution in [-0.2, 0) is 0 Å². The number of hydrogen-bond acceptors (Lipinski definition) is 5. The third-order valence-electron chi connectivity index (χ3n) is 4.18. The summed E-state index contributed by atoms with van der Waals surface area (Å²) < 4.78 is 10.6. The highest BCUT2D eigenvalue weighted by Gasteiger charge is 2.13. The maximum absolute atomic E-state index is 6.30. The van der Waals surface area contributed by atoms with E-state index in [0.29, 0.717) is 28.2 Å². The maximum atomic E-state index is 6.30. The van der Waals surface area contributed by atoms with E-state index >= 15 is 0 Å². The lowest BCUT2D eigenvalue weighted by atomic mass is 10.2. The number of aromatic nitrogens is 3. The van der Waals surface area contributed by atoms with E-state index in [4.69, 9.17) is 26.1 Å². The van der Waals surface area contributed by atoms with Gasteiger partial charge in [-0.05, 0) is 30.3 Å². The van der Waals surface area contributed by atoms with Crippen LogP contribution in [0.5, 0.6) is 11.5 Å². The Balaban J connectivity index is 1.74. The number of benzene rings is 2. The van der Waals surface area contributed by atoms with Crippen molar-refractivity contribution in [1.82, 2.24) is 15.0 Å². The summed E-state index contributed by atoms with van der Waals surface area (Å²) in [5.74, 6) is 2.62. The number of nitrogens with zero attached hydrogens (tertiary/aromatic N) is 2. The van der Waals surface area contributed by atoms with Gasteiger partial charge in [-0.3, -0.25) is 0 Å². The molecule has 4 aromatic rings. The summed E-state index contributed by atoms with van der Waals surface area (Å²) in [6.45, 7) is 0. The van der Waals surface area contributed by atoms with Gasteiger partial charge in [-0.1, -0.05) is 23.7 Å². The molecule has 136 valence electrons. The number of fused-ring (bicyclic) bond motifs is 1. The van der Waals surface area contributed by atoms with Crippen molar-refractivity contribution in [3.8, 4) is 22.9 Å². The zero-order valence-corrected chi connectivity index (χ0v) is 15.5. The lowest BCUT2D eigenvalue weighted by Crippen LogP contribution is -1.96. The van der Waals surface area contributed by atoms with Gasteiger partial charge in [0, 0.05) is 23.5 Å². The van der Waals surface area contributed by atoms with E-state index in [1.54, 1.807) is 20.4 Å². The monoisotopic (exact) mass is 380 g/mol. The smallest absolute Gasteiger partial charge is 0.162 e. The van der Waals surface area contributed by atoms with Crippen LogP contribution in [0.3, 0.4) is 0 Å². The molecule has 0 spiro atoms. The van der Waals surface area contributed by atoms with Crippen molar-refractivity contribution in [1.29, 1.82) is 0 Å². The van der Waals surface area contributed by atoms with Crippen molar-refractivity contribution in [3.63, 3.8) is 0 Å². The summed E-state index contributed by atoms with van der Waals surface area (Å²) in [7, 11) is 3.21. The Bertz CT molecular complexity index is 1110. The fourth-order valence-corrected chi connectivity index (χ4v) is 3.08. The topological polar surface area (TPSA) is 72.1 Å². The molecule has 2 N–H and O–H groups in total. The number of pyridine rings is 1. The molecule has 0 radical (unpaired) electrons. The number of aromatic amines is 1. The van der Waals surface area contributed by atoms with Crippen LogP contribution in [-0.4, -0.2) is 29.2 Å². The summed E-state index contributed by atoms with van der Waals surface area (Å²) in [6.07, 6.45) is 1.72. The molecule has 2 aromatic heterocycles. The molecule has 0 atom stereocenters. The minimum absolute atomic E-state index is 0.633. The Morgan fingerprint density at radius 3 is 2.59 bits per heavy atom. The third kappa shape index (κ3) is 3.27. The predicted octanol–water partition coefficient (Wildman–Crippen LogP) is 5.04. The van der Waals surface area contributed by atoms with Crippen LogP contribution in [0.2, 0.25) is 5.02 Å². The van der Waals surface area contributed by atoms with Crippen molar-refractivity contribution in [2.75, 3.05) is 19.5 Å². The van der Waals surface area contributed by atoms with Gasteiger partial charge in [0.05, 0.1) is 24.8 Å². The summed E-state index contributed by atoms with van der Waals surface area (Å²) >= 11 is 6.30. The average Bonchev–Trinajstić information content (AvgIpc) is 3.13. The number of halogens is 1. The van der Waals surface area contributed by atoms with Gasteiger partial charge in [0.2, 0.25) is 0 Å². The lowest BCUT2D eigenvalue weighted by molar-refractivity contribution is 0.355. The third-order valence-corrected chi connectivity index (χ3v) is 4.51. The summed E-state index contributed by atoms with van der Waals surface area (Å²) in [4.78, 5) is 12.4. The average molecular weight is 381 g/mol. The molecule has 4 rings (SSSR count). The molecule has 2 heterocycles. The number of rotatable bonds is 5. The van der Waals surface area contributed by atoms with E-state index in [0.717, 1.165) is 22.3 Å². The second-order valence-electron chi connectivity index (χ2n) is 5.82. The van der Waals surface area contributed by atoms with Crippen LogP contribution < -0.4 is 14.8 Å². The number of imidazole rings is 1. The number of anilines is 2. The second kappa shape index (κ2) is 7.17. The van der Waals surface area contributed by atoms with Gasteiger partial charge >= 0.3 is 0 Å². The minimum Gasteiger partial charge on any atom is -0.493 e. The molecule has 0 fully saturated rings. The molecule has 0 unspecified atom stereocenters. The Morgan fingerprint density at radius 2 is 1.81 bits per heavy atom. The maximum Gasteiger partial charge on any atom is 0.162 e. The van der Waals surface area contributed by atoms with Gasteiger partial charge in [0.25, 0.3) is 0 Å². The fraction of sp³-hybridized carbons (Fsp3) is 0.100. The Kier molecular flexibility index (Phi) is 4.56. The zero-order valence-electron chi connectivity index (χ0n) is 14.8. The molecule has 7 heteroatoms. The summed E-state index contributed by atoms with van der Waals surface area (Å²) in [5, 5.41) is 3.93. The standard InChI is InChI=1S/C20H17ClN4O2/c1-26-16-8-7-12(11-17(16)27-2)23-20-18-15(9-10-22-20)24-19(25-18)13-5-3-4-6-14(13)21/h3-11H,1-2H3,(H,22,23)(H,24,25). The zero-order chi connectivity index (χ0) is 18.8. The number of H-pyrrole nitrogens is 1. The normalized spacial score (nSPS) is 10.8. The van der Waals surface area contributed by atoms with Crippen LogP contribution in [0.1, 0.15) is 0 Å². The molecule has 0 aliphatic heterocycles. The largest absolute Gasteiger partial charge is 0.493 e. The molecular formula is C20H17ClN4O2. The van der Waals surface area contributed by atoms with Crippen molar-refractivity contribution in [3.05, 3.63) is 59.8 Å². The molecule has 0 aliphatic carbocycles. The first kappa shape index (κ1) is 17.2. The Morgan fingerprint density at radius 1 is 1.00 bits per heavy atom. The molecule has 0 aliphatic rings. The number of methoxy groups -OCH3 is 2. The van der Waals surface area contributed by atoms with E-state index in [9.17, 15) is 0 Å². The van der Waals surface area contributed by atoms with Gasteiger partial charge in [0.1, 0.15) is 11.3 Å². The van der Waals surface area contributed by atoms with E-state index in [1.165, 1.54) is 0 Å². The highest BCUT2D eigenvalue weighted by Crippen LogP contribution is 2.33. The van der Waals surface area contributed by atoms with Gasteiger partial charge in [-0.2, -0.15) is 0 Å². The van der Waals surface area contributed by atoms with E-state index in [-0.39, 0.29) is 0 Å². The van der Waals surface area contributed by atoms with E-state index in [1.807, 2.05) is 48.5 Å². The summed E-state index contributed by atoms with van der Waals surface area (Å²) in [6, 6.07) is 15.0. The molecule has 2 aromatic carbocycles. The highest BCUT2D eigenvalue weighted by atomic mass is 35.5. The molecule has 0 saturated carbocycles. The first-order valence-electron chi connectivity index (χ1n) is 8.28. The fourth-order valence-electron chi connectivity index (χ4n) is 2.86. The van der Waals surface area contributed by atoms with Crippen LogP contribution in [0.15, 0.2) is 54.7 Å². The number of nitrogens with one attached hydrogen (secondary N) is 2. The predicted molar refractivity (Wildman–Crippen MR) is 107 cm³/mol. The van der Waals surface area contributed by atoms with Crippen LogP contribution in [0, 0.1) is 0 Å². The van der Waals surface area contributed by atoms with Crippen molar-refractivity contribution in [2.24, 2.45) is 0 Å². The van der Waals surface area contributed by atoms with Gasteiger partial charge in [0.15, 0.2) is 17.3 Å². The number of hydrogen-bond donors (Lipinski definition) is 2. The summed E-state index contributed by atoms with van der Waals surface area (Å²) in [5.41, 5.74) is 3.24. The molecule has 0 bridgehead atoms. The highest BCUT2D eigenvalue weighted by molar-refractivity contribution is 6.33. The molecule has 27 heavy (non-hydrogen) atoms. The molecule has 0 amide bonds.